The largest absolute Gasteiger partial charge is 0.420 e. The molecule has 0 amide bonds. The molecule has 0 aliphatic carbocycles. The summed E-state index contributed by atoms with van der Waals surface area (Å²) in [6, 6.07) is 0. The molecule has 1 radical (unpaired) electrons. The van der Waals surface area contributed by atoms with Crippen molar-refractivity contribution in [3.63, 3.8) is 0 Å². The highest BCUT2D eigenvalue weighted by molar-refractivity contribution is 5.11. The van der Waals surface area contributed by atoms with E-state index >= 15 is 0 Å². The van der Waals surface area contributed by atoms with Crippen LogP contribution in [0.5, 0.6) is 0 Å². The first-order chi connectivity index (χ1) is 4.52. The zero-order chi connectivity index (χ0) is 7.78. The predicted octanol–water partition coefficient (Wildman–Crippen LogP) is 1.06. The smallest absolute Gasteiger partial charge is 0.315 e. The van der Waals surface area contributed by atoms with Gasteiger partial charge in [-0.05, 0) is 0 Å². The summed E-state index contributed by atoms with van der Waals surface area (Å²) < 4.78 is 46.6. The van der Waals surface area contributed by atoms with Gasteiger partial charge in [0.2, 0.25) is 6.17 Å². The lowest BCUT2D eigenvalue weighted by atomic mass is 9.97. The molecular weight excluding hydrogens is 150 g/mol. The fourth-order valence-corrected chi connectivity index (χ4v) is 0.680. The average Bonchev–Trinajstić information content (AvgIpc) is 1.57. The number of hydrogen-bond donors (Lipinski definition) is 1. The van der Waals surface area contributed by atoms with Gasteiger partial charge in [0, 0.05) is 19.0 Å². The Balaban J connectivity index is 2.39. The van der Waals surface area contributed by atoms with E-state index in [0.29, 0.717) is 0 Å². The van der Waals surface area contributed by atoms with Crippen LogP contribution in [-0.2, 0) is 0 Å². The first-order valence-corrected chi connectivity index (χ1v) is 2.78. The maximum Gasteiger partial charge on any atom is 0.420 e. The Hall–Kier alpha value is -0.320. The maximum absolute atomic E-state index is 12.2. The highest BCUT2D eigenvalue weighted by Gasteiger charge is 2.47. The molecule has 5 heteroatoms. The second-order valence-electron chi connectivity index (χ2n) is 2.17. The Morgan fingerprint density at radius 3 is 1.90 bits per heavy atom. The van der Waals surface area contributed by atoms with E-state index < -0.39 is 12.3 Å². The molecule has 1 heterocycles. The number of hydrogen-bond acceptors (Lipinski definition) is 1. The highest BCUT2D eigenvalue weighted by atomic mass is 19.4. The molecule has 0 aromatic rings. The van der Waals surface area contributed by atoms with E-state index in [1.54, 1.807) is 0 Å². The molecule has 1 aliphatic rings. The maximum atomic E-state index is 12.2. The molecule has 1 aliphatic heterocycles. The van der Waals surface area contributed by atoms with Crippen molar-refractivity contribution in [1.82, 2.24) is 5.32 Å². The third kappa shape index (κ3) is 1.39. The van der Waals surface area contributed by atoms with Crippen molar-refractivity contribution in [2.24, 2.45) is 0 Å². The minimum absolute atomic E-state index is 0.0562. The fraction of sp³-hybridized carbons (Fsp3) is 0.800. The van der Waals surface area contributed by atoms with E-state index in [9.17, 15) is 17.6 Å². The van der Waals surface area contributed by atoms with Gasteiger partial charge in [-0.25, -0.2) is 4.39 Å². The summed E-state index contributed by atoms with van der Waals surface area (Å²) in [5.74, 6) is -0.104. The minimum Gasteiger partial charge on any atom is -0.315 e. The van der Waals surface area contributed by atoms with Gasteiger partial charge in [-0.3, -0.25) is 0 Å². The second-order valence-corrected chi connectivity index (χ2v) is 2.17. The van der Waals surface area contributed by atoms with E-state index in [4.69, 9.17) is 0 Å². The van der Waals surface area contributed by atoms with E-state index in [1.807, 2.05) is 0 Å². The van der Waals surface area contributed by atoms with Crippen molar-refractivity contribution < 1.29 is 17.6 Å². The van der Waals surface area contributed by atoms with Crippen LogP contribution in [0.25, 0.3) is 0 Å². The van der Waals surface area contributed by atoms with Crippen molar-refractivity contribution in [2.75, 3.05) is 13.1 Å². The summed E-state index contributed by atoms with van der Waals surface area (Å²) in [6.07, 6.45) is -7.44. The molecule has 1 saturated heterocycles. The van der Waals surface area contributed by atoms with Crippen molar-refractivity contribution in [3.8, 4) is 0 Å². The van der Waals surface area contributed by atoms with Gasteiger partial charge in [-0.1, -0.05) is 0 Å². The molecule has 1 fully saturated rings. The number of nitrogens with one attached hydrogen (secondary N) is 1. The number of alkyl halides is 4. The number of rotatable bonds is 1. The molecular formula is C5H6F4N. The van der Waals surface area contributed by atoms with Gasteiger partial charge in [0.1, 0.15) is 0 Å². The lowest BCUT2D eigenvalue weighted by molar-refractivity contribution is -0.178. The molecule has 1 nitrogen and oxygen atoms in total. The Morgan fingerprint density at radius 1 is 1.30 bits per heavy atom. The van der Waals surface area contributed by atoms with Crippen LogP contribution in [0, 0.1) is 5.92 Å². The summed E-state index contributed by atoms with van der Waals surface area (Å²) in [5.41, 5.74) is 0. The van der Waals surface area contributed by atoms with Crippen molar-refractivity contribution in [1.29, 1.82) is 0 Å². The van der Waals surface area contributed by atoms with E-state index in [1.165, 1.54) is 0 Å². The predicted molar refractivity (Wildman–Crippen MR) is 27.1 cm³/mol. The van der Waals surface area contributed by atoms with Gasteiger partial charge in [0.25, 0.3) is 0 Å². The quantitative estimate of drug-likeness (QED) is 0.560. The molecule has 0 aromatic carbocycles. The van der Waals surface area contributed by atoms with Gasteiger partial charge >= 0.3 is 6.18 Å². The average molecular weight is 156 g/mol. The molecule has 1 rings (SSSR count). The summed E-state index contributed by atoms with van der Waals surface area (Å²) >= 11 is 0. The highest BCUT2D eigenvalue weighted by Crippen LogP contribution is 2.31. The summed E-state index contributed by atoms with van der Waals surface area (Å²) in [5, 5.41) is 2.54. The van der Waals surface area contributed by atoms with Crippen molar-refractivity contribution in [2.45, 2.75) is 12.3 Å². The van der Waals surface area contributed by atoms with Gasteiger partial charge in [0.05, 0.1) is 0 Å². The minimum atomic E-state index is -4.71. The standard InChI is InChI=1S/C5H6F4N/c6-4(5(7,8)9)3-1-10-2-3/h4,10H,1-2H2. The summed E-state index contributed by atoms with van der Waals surface area (Å²) in [7, 11) is 0. The van der Waals surface area contributed by atoms with Crippen molar-refractivity contribution in [3.05, 3.63) is 5.92 Å². The first-order valence-electron chi connectivity index (χ1n) is 2.78. The Morgan fingerprint density at radius 2 is 1.80 bits per heavy atom. The lowest BCUT2D eigenvalue weighted by Gasteiger charge is -2.30. The molecule has 1 N–H and O–H groups in total. The topological polar surface area (TPSA) is 12.0 Å². The van der Waals surface area contributed by atoms with Crippen molar-refractivity contribution >= 4 is 0 Å². The molecule has 1 atom stereocenters. The van der Waals surface area contributed by atoms with Gasteiger partial charge in [-0.15, -0.1) is 0 Å². The zero-order valence-electron chi connectivity index (χ0n) is 5.00. The van der Waals surface area contributed by atoms with Gasteiger partial charge in [-0.2, -0.15) is 13.2 Å². The van der Waals surface area contributed by atoms with E-state index in [-0.39, 0.29) is 19.0 Å². The molecule has 10 heavy (non-hydrogen) atoms. The van der Waals surface area contributed by atoms with Crippen LogP contribution < -0.4 is 5.32 Å². The molecule has 59 valence electrons. The van der Waals surface area contributed by atoms with E-state index in [0.717, 1.165) is 0 Å². The molecule has 0 saturated carbocycles. The Kier molecular flexibility index (Phi) is 1.85. The van der Waals surface area contributed by atoms with Crippen LogP contribution >= 0.6 is 0 Å². The van der Waals surface area contributed by atoms with Crippen LogP contribution in [0.15, 0.2) is 0 Å². The van der Waals surface area contributed by atoms with Gasteiger partial charge in [0.15, 0.2) is 0 Å². The van der Waals surface area contributed by atoms with E-state index in [2.05, 4.69) is 5.32 Å². The normalized spacial score (nSPS) is 24.0. The van der Waals surface area contributed by atoms with Crippen LogP contribution in [0.1, 0.15) is 0 Å². The third-order valence-corrected chi connectivity index (χ3v) is 1.35. The molecule has 0 aromatic heterocycles. The van der Waals surface area contributed by atoms with Crippen LogP contribution in [0.4, 0.5) is 17.6 Å². The monoisotopic (exact) mass is 156 g/mol. The SMILES string of the molecule is FC([C]1CNC1)C(F)(F)F. The molecule has 0 bridgehead atoms. The Bertz CT molecular complexity index is 117. The molecule has 1 unspecified atom stereocenters. The lowest BCUT2D eigenvalue weighted by Crippen LogP contribution is -2.49. The Labute approximate surface area is 55.4 Å². The summed E-state index contributed by atoms with van der Waals surface area (Å²) in [4.78, 5) is 0. The van der Waals surface area contributed by atoms with Crippen LogP contribution in [0.3, 0.4) is 0 Å². The first kappa shape index (κ1) is 7.78. The van der Waals surface area contributed by atoms with Crippen LogP contribution in [0.2, 0.25) is 0 Å². The zero-order valence-corrected chi connectivity index (χ0v) is 5.00. The third-order valence-electron chi connectivity index (χ3n) is 1.35. The number of halogens is 4. The summed E-state index contributed by atoms with van der Waals surface area (Å²) in [6.45, 7) is 0.112. The van der Waals surface area contributed by atoms with Gasteiger partial charge < -0.3 is 5.32 Å². The second kappa shape index (κ2) is 2.38. The van der Waals surface area contributed by atoms with Crippen LogP contribution in [-0.4, -0.2) is 25.4 Å². The fourth-order valence-electron chi connectivity index (χ4n) is 0.680. The molecule has 0 spiro atoms.